The van der Waals surface area contributed by atoms with Crippen molar-refractivity contribution in [1.82, 2.24) is 20.0 Å². The van der Waals surface area contributed by atoms with E-state index in [4.69, 9.17) is 9.73 Å². The van der Waals surface area contributed by atoms with Crippen LogP contribution >= 0.6 is 0 Å². The number of carbonyl (C=O) groups excluding carboxylic acids is 1. The fourth-order valence-electron chi connectivity index (χ4n) is 3.23. The average molecular weight is 384 g/mol. The molecular weight excluding hydrogens is 356 g/mol. The molecule has 2 aromatic rings. The molecule has 3 rings (SSSR count). The molecule has 1 aromatic carbocycles. The van der Waals surface area contributed by atoms with Crippen LogP contribution < -0.4 is 15.0 Å². The van der Waals surface area contributed by atoms with Crippen molar-refractivity contribution in [3.8, 4) is 5.75 Å². The van der Waals surface area contributed by atoms with Gasteiger partial charge in [-0.2, -0.15) is 5.10 Å². The van der Waals surface area contributed by atoms with Gasteiger partial charge in [-0.15, -0.1) is 0 Å². The number of nitrogens with zero attached hydrogens (tertiary/aromatic N) is 5. The molecule has 1 aromatic heterocycles. The number of carbonyl (C=O) groups is 1. The van der Waals surface area contributed by atoms with Gasteiger partial charge in [-0.25, -0.2) is 4.99 Å². The van der Waals surface area contributed by atoms with E-state index in [9.17, 15) is 4.79 Å². The first kappa shape index (κ1) is 19.7. The first-order valence-electron chi connectivity index (χ1n) is 9.47. The zero-order valence-corrected chi connectivity index (χ0v) is 17.0. The number of aromatic nitrogens is 2. The number of rotatable bonds is 5. The maximum Gasteiger partial charge on any atom is 0.246 e. The average Bonchev–Trinajstić information content (AvgIpc) is 3.12. The van der Waals surface area contributed by atoms with Crippen LogP contribution in [0.15, 0.2) is 35.6 Å². The van der Waals surface area contributed by atoms with E-state index >= 15 is 0 Å². The molecule has 0 bridgehead atoms. The van der Waals surface area contributed by atoms with Crippen LogP contribution in [0.25, 0.3) is 0 Å². The van der Waals surface area contributed by atoms with Crippen molar-refractivity contribution in [3.05, 3.63) is 41.7 Å². The second-order valence-corrected chi connectivity index (χ2v) is 6.81. The summed E-state index contributed by atoms with van der Waals surface area (Å²) in [6.07, 6.45) is 3.58. The van der Waals surface area contributed by atoms with Gasteiger partial charge in [-0.3, -0.25) is 9.48 Å². The molecule has 0 aliphatic carbocycles. The summed E-state index contributed by atoms with van der Waals surface area (Å²) in [5.74, 6) is 1.65. The number of aliphatic imine (C=N–C) groups is 1. The summed E-state index contributed by atoms with van der Waals surface area (Å²) in [6.45, 7) is 6.92. The number of benzene rings is 1. The van der Waals surface area contributed by atoms with Gasteiger partial charge in [0.15, 0.2) is 5.96 Å². The predicted molar refractivity (Wildman–Crippen MR) is 110 cm³/mol. The van der Waals surface area contributed by atoms with Gasteiger partial charge in [0.25, 0.3) is 0 Å². The van der Waals surface area contributed by atoms with Crippen LogP contribution in [-0.4, -0.2) is 59.8 Å². The predicted octanol–water partition coefficient (Wildman–Crippen LogP) is 1.55. The van der Waals surface area contributed by atoms with Crippen LogP contribution in [0.5, 0.6) is 5.75 Å². The number of nitrogens with one attached hydrogen (secondary N) is 1. The lowest BCUT2D eigenvalue weighted by Gasteiger charge is -2.35. The van der Waals surface area contributed by atoms with Crippen molar-refractivity contribution >= 4 is 17.6 Å². The number of piperazine rings is 1. The topological polar surface area (TPSA) is 75.0 Å². The summed E-state index contributed by atoms with van der Waals surface area (Å²) in [5.41, 5.74) is 3.00. The molecule has 0 saturated carbocycles. The first-order chi connectivity index (χ1) is 13.5. The lowest BCUT2D eigenvalue weighted by atomic mass is 10.1. The van der Waals surface area contributed by atoms with E-state index in [1.807, 2.05) is 44.1 Å². The molecule has 1 fully saturated rings. The Balaban J connectivity index is 1.70. The smallest absolute Gasteiger partial charge is 0.246 e. The third-order valence-corrected chi connectivity index (χ3v) is 4.74. The molecule has 0 radical (unpaired) electrons. The number of aryl methyl sites for hydroxylation is 2. The highest BCUT2D eigenvalue weighted by atomic mass is 16.5. The molecule has 2 heterocycles. The zero-order valence-electron chi connectivity index (χ0n) is 17.0. The molecule has 8 nitrogen and oxygen atoms in total. The lowest BCUT2D eigenvalue weighted by Crippen LogP contribution is -2.55. The fraction of sp³-hybridized carbons (Fsp3) is 0.450. The van der Waals surface area contributed by atoms with E-state index in [2.05, 4.69) is 16.5 Å². The van der Waals surface area contributed by atoms with Crippen molar-refractivity contribution in [1.29, 1.82) is 0 Å². The molecule has 1 aliphatic rings. The summed E-state index contributed by atoms with van der Waals surface area (Å²) < 4.78 is 7.10. The van der Waals surface area contributed by atoms with Crippen LogP contribution in [-0.2, 0) is 18.4 Å². The second kappa shape index (κ2) is 8.77. The van der Waals surface area contributed by atoms with E-state index in [-0.39, 0.29) is 12.5 Å². The number of hydrogen-bond acceptors (Lipinski definition) is 4. The Kier molecular flexibility index (Phi) is 6.18. The van der Waals surface area contributed by atoms with Gasteiger partial charge in [0, 0.05) is 32.9 Å². The van der Waals surface area contributed by atoms with Gasteiger partial charge in [0.1, 0.15) is 12.3 Å². The minimum atomic E-state index is 0.0434. The Hall–Kier alpha value is -3.03. The van der Waals surface area contributed by atoms with E-state index in [0.717, 1.165) is 35.1 Å². The number of methoxy groups -OCH3 is 1. The van der Waals surface area contributed by atoms with Crippen LogP contribution in [0.3, 0.4) is 0 Å². The molecular formula is C20H28N6O2. The maximum atomic E-state index is 12.7. The van der Waals surface area contributed by atoms with Gasteiger partial charge < -0.3 is 19.9 Å². The summed E-state index contributed by atoms with van der Waals surface area (Å²) in [7, 11) is 3.52. The van der Waals surface area contributed by atoms with Crippen molar-refractivity contribution in [3.63, 3.8) is 0 Å². The van der Waals surface area contributed by atoms with Crippen molar-refractivity contribution in [2.24, 2.45) is 12.0 Å². The Morgan fingerprint density at radius 3 is 2.82 bits per heavy atom. The molecule has 1 amide bonds. The van der Waals surface area contributed by atoms with E-state index in [1.54, 1.807) is 22.9 Å². The molecule has 0 atom stereocenters. The van der Waals surface area contributed by atoms with Crippen LogP contribution in [0.1, 0.15) is 18.1 Å². The fourth-order valence-corrected chi connectivity index (χ4v) is 3.23. The third-order valence-electron chi connectivity index (χ3n) is 4.74. The SMILES string of the molecule is CCNC(=NCc1ccc(C)c(OC)c1)N1CCN(c2cnn(C)c2)C(=O)C1. The number of hydrogen-bond donors (Lipinski definition) is 1. The summed E-state index contributed by atoms with van der Waals surface area (Å²) >= 11 is 0. The summed E-state index contributed by atoms with van der Waals surface area (Å²) in [4.78, 5) is 21.2. The number of anilines is 1. The molecule has 0 spiro atoms. The Bertz CT molecular complexity index is 860. The van der Waals surface area contributed by atoms with E-state index < -0.39 is 0 Å². The van der Waals surface area contributed by atoms with Crippen molar-refractivity contribution in [2.75, 3.05) is 38.2 Å². The Labute approximate surface area is 165 Å². The monoisotopic (exact) mass is 384 g/mol. The molecule has 1 N–H and O–H groups in total. The van der Waals surface area contributed by atoms with Gasteiger partial charge in [-0.1, -0.05) is 12.1 Å². The van der Waals surface area contributed by atoms with Crippen molar-refractivity contribution in [2.45, 2.75) is 20.4 Å². The quantitative estimate of drug-likeness (QED) is 0.625. The van der Waals surface area contributed by atoms with Crippen LogP contribution in [0.2, 0.25) is 0 Å². The molecule has 1 saturated heterocycles. The standard InChI is InChI=1S/C20H28N6O2/c1-5-21-20(22-11-16-7-6-15(2)18(10-16)28-4)25-8-9-26(19(27)14-25)17-12-23-24(3)13-17/h6-7,10,12-13H,5,8-9,11,14H2,1-4H3,(H,21,22). The molecule has 8 heteroatoms. The highest BCUT2D eigenvalue weighted by molar-refractivity contribution is 5.98. The third kappa shape index (κ3) is 4.44. The molecule has 1 aliphatic heterocycles. The summed E-state index contributed by atoms with van der Waals surface area (Å²) in [5, 5.41) is 7.46. The Morgan fingerprint density at radius 1 is 1.36 bits per heavy atom. The minimum Gasteiger partial charge on any atom is -0.496 e. The van der Waals surface area contributed by atoms with Gasteiger partial charge in [0.05, 0.1) is 25.5 Å². The van der Waals surface area contributed by atoms with E-state index in [1.165, 1.54) is 0 Å². The second-order valence-electron chi connectivity index (χ2n) is 6.81. The number of guanidine groups is 1. The largest absolute Gasteiger partial charge is 0.496 e. The van der Waals surface area contributed by atoms with Gasteiger partial charge >= 0.3 is 0 Å². The van der Waals surface area contributed by atoms with Crippen LogP contribution in [0, 0.1) is 6.92 Å². The van der Waals surface area contributed by atoms with E-state index in [0.29, 0.717) is 19.6 Å². The highest BCUT2D eigenvalue weighted by Crippen LogP contribution is 2.20. The van der Waals surface area contributed by atoms with Gasteiger partial charge in [0.2, 0.25) is 5.91 Å². The van der Waals surface area contributed by atoms with Crippen LogP contribution in [0.4, 0.5) is 5.69 Å². The van der Waals surface area contributed by atoms with Gasteiger partial charge in [-0.05, 0) is 31.0 Å². The number of ether oxygens (including phenoxy) is 1. The van der Waals surface area contributed by atoms with Crippen molar-refractivity contribution < 1.29 is 9.53 Å². The highest BCUT2D eigenvalue weighted by Gasteiger charge is 2.27. The molecule has 28 heavy (non-hydrogen) atoms. The molecule has 150 valence electrons. The minimum absolute atomic E-state index is 0.0434. The summed E-state index contributed by atoms with van der Waals surface area (Å²) in [6, 6.07) is 6.09. The number of amides is 1. The molecule has 0 unspecified atom stereocenters. The normalized spacial score (nSPS) is 15.1. The Morgan fingerprint density at radius 2 is 2.18 bits per heavy atom. The maximum absolute atomic E-state index is 12.7. The zero-order chi connectivity index (χ0) is 20.1. The lowest BCUT2D eigenvalue weighted by molar-refractivity contribution is -0.120. The first-order valence-corrected chi connectivity index (χ1v) is 9.47.